The van der Waals surface area contributed by atoms with Gasteiger partial charge in [-0.15, -0.1) is 0 Å². The van der Waals surface area contributed by atoms with Crippen molar-refractivity contribution in [3.63, 3.8) is 0 Å². The van der Waals surface area contributed by atoms with E-state index in [2.05, 4.69) is 0 Å². The van der Waals surface area contributed by atoms with Crippen LogP contribution in [-0.4, -0.2) is 22.8 Å². The van der Waals surface area contributed by atoms with Crippen molar-refractivity contribution in [1.29, 1.82) is 0 Å². The van der Waals surface area contributed by atoms with Gasteiger partial charge in [0.25, 0.3) is 0 Å². The molecule has 0 aromatic carbocycles. The maximum atomic E-state index is 9.60. The molecule has 0 bridgehead atoms. The number of hydrogen-bond acceptors (Lipinski definition) is 2. The summed E-state index contributed by atoms with van der Waals surface area (Å²) >= 11 is 0. The molecule has 0 aromatic rings. The normalized spacial score (nSPS) is 8.82. The molecule has 0 heterocycles. The third-order valence-corrected chi connectivity index (χ3v) is 0.829. The number of rotatable bonds is 3. The van der Waals surface area contributed by atoms with Crippen LogP contribution in [0, 0.1) is 5.92 Å². The van der Waals surface area contributed by atoms with Gasteiger partial charge in [0.15, 0.2) is 0 Å². The number of carboxylic acids is 1. The first kappa shape index (κ1) is 13.1. The van der Waals surface area contributed by atoms with Gasteiger partial charge >= 0.3 is 5.97 Å². The fraction of sp³-hybridized carbons (Fsp3) is 0.875. The van der Waals surface area contributed by atoms with E-state index in [9.17, 15) is 4.79 Å². The molecule has 0 unspecified atom stereocenters. The van der Waals surface area contributed by atoms with Crippen LogP contribution in [0.4, 0.5) is 0 Å². The van der Waals surface area contributed by atoms with Gasteiger partial charge in [-0.1, -0.05) is 20.8 Å². The Morgan fingerprint density at radius 3 is 1.82 bits per heavy atom. The fourth-order valence-corrected chi connectivity index (χ4v) is 0.214. The molecule has 0 rings (SSSR count). The summed E-state index contributed by atoms with van der Waals surface area (Å²) in [5, 5.41) is 16.1. The molecule has 0 spiro atoms. The first-order valence-corrected chi connectivity index (χ1v) is 3.87. The summed E-state index contributed by atoms with van der Waals surface area (Å²) in [7, 11) is 0. The van der Waals surface area contributed by atoms with E-state index in [1.165, 1.54) is 0 Å². The number of aliphatic hydroxyl groups is 1. The van der Waals surface area contributed by atoms with Gasteiger partial charge in [-0.3, -0.25) is 4.79 Å². The van der Waals surface area contributed by atoms with Gasteiger partial charge in [-0.05, 0) is 12.3 Å². The topological polar surface area (TPSA) is 57.5 Å². The average molecular weight is 162 g/mol. The molecule has 0 radical (unpaired) electrons. The Bertz CT molecular complexity index is 89.3. The zero-order valence-corrected chi connectivity index (χ0v) is 7.50. The molecule has 0 fully saturated rings. The van der Waals surface area contributed by atoms with E-state index in [1.807, 2.05) is 20.8 Å². The first-order valence-electron chi connectivity index (χ1n) is 3.87. The van der Waals surface area contributed by atoms with E-state index in [0.29, 0.717) is 18.9 Å². The van der Waals surface area contributed by atoms with Gasteiger partial charge in [0.2, 0.25) is 0 Å². The van der Waals surface area contributed by atoms with Crippen LogP contribution in [0.5, 0.6) is 0 Å². The van der Waals surface area contributed by atoms with Gasteiger partial charge in [0.1, 0.15) is 0 Å². The first-order chi connectivity index (χ1) is 5.04. The monoisotopic (exact) mass is 162 g/mol. The predicted octanol–water partition coefficient (Wildman–Crippen LogP) is 1.51. The van der Waals surface area contributed by atoms with Crippen LogP contribution >= 0.6 is 0 Å². The van der Waals surface area contributed by atoms with E-state index < -0.39 is 5.97 Å². The second kappa shape index (κ2) is 9.43. The minimum atomic E-state index is -0.711. The molecular formula is C8H18O3. The lowest BCUT2D eigenvalue weighted by atomic mass is 10.2. The van der Waals surface area contributed by atoms with Crippen LogP contribution in [0.1, 0.15) is 33.6 Å². The van der Waals surface area contributed by atoms with E-state index in [0.717, 1.165) is 6.42 Å². The summed E-state index contributed by atoms with van der Waals surface area (Å²) < 4.78 is 0. The van der Waals surface area contributed by atoms with Gasteiger partial charge in [0.05, 0.1) is 0 Å². The highest BCUT2D eigenvalue weighted by molar-refractivity contribution is 5.66. The number of carboxylic acid groups (broad SMARTS) is 1. The third kappa shape index (κ3) is 26.5. The standard InChI is InChI=1S/C4H8O2.C4H10O/c1-2-3-4(5)6;1-4(2)3-5/h2-3H2,1H3,(H,5,6);4-5H,3H2,1-2H3. The van der Waals surface area contributed by atoms with Crippen LogP contribution in [0.25, 0.3) is 0 Å². The molecule has 3 nitrogen and oxygen atoms in total. The average Bonchev–Trinajstić information content (AvgIpc) is 1.89. The molecule has 2 N–H and O–H groups in total. The van der Waals surface area contributed by atoms with Crippen molar-refractivity contribution in [1.82, 2.24) is 0 Å². The van der Waals surface area contributed by atoms with Crippen molar-refractivity contribution < 1.29 is 15.0 Å². The van der Waals surface area contributed by atoms with Crippen molar-refractivity contribution in [2.75, 3.05) is 6.61 Å². The van der Waals surface area contributed by atoms with Crippen LogP contribution < -0.4 is 0 Å². The van der Waals surface area contributed by atoms with E-state index in [-0.39, 0.29) is 0 Å². The Hall–Kier alpha value is -0.570. The summed E-state index contributed by atoms with van der Waals surface area (Å²) in [5.74, 6) is -0.271. The molecule has 0 aliphatic rings. The van der Waals surface area contributed by atoms with Gasteiger partial charge in [-0.25, -0.2) is 0 Å². The molecule has 0 saturated heterocycles. The predicted molar refractivity (Wildman–Crippen MR) is 44.5 cm³/mol. The molecule has 0 aliphatic carbocycles. The zero-order chi connectivity index (χ0) is 9.28. The summed E-state index contributed by atoms with van der Waals surface area (Å²) in [4.78, 5) is 9.60. The minimum absolute atomic E-state index is 0.292. The molecule has 3 heteroatoms. The molecule has 0 aromatic heterocycles. The molecule has 11 heavy (non-hydrogen) atoms. The quantitative estimate of drug-likeness (QED) is 0.661. The molecule has 68 valence electrons. The van der Waals surface area contributed by atoms with Crippen molar-refractivity contribution in [2.24, 2.45) is 5.92 Å². The number of carbonyl (C=O) groups is 1. The third-order valence-electron chi connectivity index (χ3n) is 0.829. The lowest BCUT2D eigenvalue weighted by Crippen LogP contribution is -1.90. The Kier molecular flexibility index (Phi) is 11.2. The van der Waals surface area contributed by atoms with Gasteiger partial charge in [-0.2, -0.15) is 0 Å². The highest BCUT2D eigenvalue weighted by Crippen LogP contribution is 1.83. The number of hydrogen-bond donors (Lipinski definition) is 2. The molecule has 0 atom stereocenters. The number of aliphatic hydroxyl groups excluding tert-OH is 1. The highest BCUT2D eigenvalue weighted by Gasteiger charge is 1.87. The Morgan fingerprint density at radius 1 is 1.45 bits per heavy atom. The van der Waals surface area contributed by atoms with Crippen LogP contribution in [0.15, 0.2) is 0 Å². The highest BCUT2D eigenvalue weighted by atomic mass is 16.4. The molecular weight excluding hydrogens is 144 g/mol. The second-order valence-corrected chi connectivity index (χ2v) is 2.72. The van der Waals surface area contributed by atoms with Crippen molar-refractivity contribution >= 4 is 5.97 Å². The SMILES string of the molecule is CC(C)CO.CCCC(=O)O. The summed E-state index contributed by atoms with van der Waals surface area (Å²) in [5.41, 5.74) is 0. The van der Waals surface area contributed by atoms with E-state index in [4.69, 9.17) is 10.2 Å². The van der Waals surface area contributed by atoms with Crippen molar-refractivity contribution in [3.8, 4) is 0 Å². The zero-order valence-electron chi connectivity index (χ0n) is 7.50. The summed E-state index contributed by atoms with van der Waals surface area (Å²) in [6.07, 6.45) is 1.02. The fourth-order valence-electron chi connectivity index (χ4n) is 0.214. The van der Waals surface area contributed by atoms with Crippen LogP contribution in [-0.2, 0) is 4.79 Å². The lowest BCUT2D eigenvalue weighted by Gasteiger charge is -1.90. The smallest absolute Gasteiger partial charge is 0.303 e. The lowest BCUT2D eigenvalue weighted by molar-refractivity contribution is -0.137. The van der Waals surface area contributed by atoms with Gasteiger partial charge < -0.3 is 10.2 Å². The van der Waals surface area contributed by atoms with Crippen LogP contribution in [0.3, 0.4) is 0 Å². The Balaban J connectivity index is 0. The van der Waals surface area contributed by atoms with Crippen LogP contribution in [0.2, 0.25) is 0 Å². The van der Waals surface area contributed by atoms with Crippen molar-refractivity contribution in [3.05, 3.63) is 0 Å². The Morgan fingerprint density at radius 2 is 1.82 bits per heavy atom. The molecule has 0 amide bonds. The van der Waals surface area contributed by atoms with Gasteiger partial charge in [0, 0.05) is 13.0 Å². The summed E-state index contributed by atoms with van der Waals surface area (Å²) in [6.45, 7) is 6.09. The second-order valence-electron chi connectivity index (χ2n) is 2.72. The maximum Gasteiger partial charge on any atom is 0.303 e. The molecule has 0 saturated carbocycles. The minimum Gasteiger partial charge on any atom is -0.481 e. The Labute approximate surface area is 68.0 Å². The maximum absolute atomic E-state index is 9.60. The largest absolute Gasteiger partial charge is 0.481 e. The number of aliphatic carboxylic acids is 1. The van der Waals surface area contributed by atoms with E-state index >= 15 is 0 Å². The van der Waals surface area contributed by atoms with Crippen molar-refractivity contribution in [2.45, 2.75) is 33.6 Å². The molecule has 0 aliphatic heterocycles. The summed E-state index contributed by atoms with van der Waals surface area (Å²) in [6, 6.07) is 0. The van der Waals surface area contributed by atoms with E-state index in [1.54, 1.807) is 0 Å².